The summed E-state index contributed by atoms with van der Waals surface area (Å²) in [5.41, 5.74) is 7.90. The molecule has 3 nitrogen and oxygen atoms in total. The molecule has 1 aliphatic carbocycles. The van der Waals surface area contributed by atoms with Crippen molar-refractivity contribution in [2.75, 3.05) is 5.43 Å². The molecule has 0 aliphatic heterocycles. The first-order chi connectivity index (χ1) is 9.60. The summed E-state index contributed by atoms with van der Waals surface area (Å²) in [5.74, 6) is 0.326. The Kier molecular flexibility index (Phi) is 6.11. The van der Waals surface area contributed by atoms with Gasteiger partial charge < -0.3 is 5.43 Å². The van der Waals surface area contributed by atoms with Crippen LogP contribution in [0, 0.1) is 0 Å². The van der Waals surface area contributed by atoms with Gasteiger partial charge in [0.25, 0.3) is 0 Å². The lowest BCUT2D eigenvalue weighted by Crippen LogP contribution is -2.34. The van der Waals surface area contributed by atoms with Gasteiger partial charge in [0, 0.05) is 20.6 Å². The predicted molar refractivity (Wildman–Crippen MR) is 90.4 cm³/mol. The van der Waals surface area contributed by atoms with Crippen LogP contribution in [0.4, 0.5) is 5.69 Å². The average molecular weight is 400 g/mol. The zero-order valence-electron chi connectivity index (χ0n) is 11.2. The molecule has 106 valence electrons. The van der Waals surface area contributed by atoms with E-state index in [1.54, 1.807) is 6.07 Å². The predicted octanol–water partition coefficient (Wildman–Crippen LogP) is 4.23. The van der Waals surface area contributed by atoms with Gasteiger partial charge in [-0.05, 0) is 40.9 Å². The van der Waals surface area contributed by atoms with E-state index in [0.717, 1.165) is 53.0 Å². The summed E-state index contributed by atoms with van der Waals surface area (Å²) in [5, 5.41) is 0. The van der Waals surface area contributed by atoms with Crippen molar-refractivity contribution < 1.29 is 4.79 Å². The molecule has 0 bridgehead atoms. The number of hydrazine groups is 1. The largest absolute Gasteiger partial charge is 0.319 e. The van der Waals surface area contributed by atoms with Gasteiger partial charge in [-0.2, -0.15) is 0 Å². The van der Waals surface area contributed by atoms with Crippen LogP contribution in [-0.2, 0) is 0 Å². The zero-order chi connectivity index (χ0) is 14.5. The Morgan fingerprint density at radius 2 is 2.00 bits per heavy atom. The smallest absolute Gasteiger partial charge is 0.152 e. The molecule has 0 heterocycles. The van der Waals surface area contributed by atoms with Crippen molar-refractivity contribution in [1.82, 2.24) is 5.43 Å². The highest BCUT2D eigenvalue weighted by atomic mass is 79.9. The van der Waals surface area contributed by atoms with Crippen molar-refractivity contribution in [1.29, 1.82) is 0 Å². The minimum atomic E-state index is 0.326. The Hall–Kier alpha value is -0.325. The second kappa shape index (κ2) is 7.62. The van der Waals surface area contributed by atoms with Crippen LogP contribution in [0.3, 0.4) is 0 Å². The van der Waals surface area contributed by atoms with E-state index in [4.69, 9.17) is 7.85 Å². The van der Waals surface area contributed by atoms with Crippen LogP contribution in [0.25, 0.3) is 0 Å². The molecule has 6 heteroatoms. The molecular formula is C14H17BBr2N2O. The average Bonchev–Trinajstić information content (AvgIpc) is 2.61. The third-order valence-electron chi connectivity index (χ3n) is 3.63. The first kappa shape index (κ1) is 16.1. The molecule has 0 amide bonds. The number of aldehydes is 1. The Bertz CT molecular complexity index is 484. The Morgan fingerprint density at radius 1 is 1.20 bits per heavy atom. The van der Waals surface area contributed by atoms with Crippen LogP contribution in [0.2, 0.25) is 5.82 Å². The van der Waals surface area contributed by atoms with Gasteiger partial charge in [0.15, 0.2) is 6.29 Å². The standard InChI is InChI=1S/C14H17BBr2N2O/c15-10-2-1-3-12(5-4-10)18-19-14-9(8-20)6-11(16)7-13(14)17/h6-8,10,12,18-19H,1-5H2. The Morgan fingerprint density at radius 3 is 2.75 bits per heavy atom. The number of carbonyl (C=O) groups excluding carboxylic acids is 1. The molecule has 0 saturated heterocycles. The number of rotatable bonds is 4. The number of anilines is 1. The fourth-order valence-corrected chi connectivity index (χ4v) is 3.82. The molecule has 1 fully saturated rings. The number of carbonyl (C=O) groups is 1. The summed E-state index contributed by atoms with van der Waals surface area (Å²) in [4.78, 5) is 11.2. The van der Waals surface area contributed by atoms with E-state index in [2.05, 4.69) is 42.7 Å². The number of nitrogens with one attached hydrogen (secondary N) is 2. The van der Waals surface area contributed by atoms with Gasteiger partial charge >= 0.3 is 0 Å². The van der Waals surface area contributed by atoms with Crippen molar-refractivity contribution in [3.8, 4) is 0 Å². The van der Waals surface area contributed by atoms with Crippen molar-refractivity contribution >= 4 is 51.7 Å². The van der Waals surface area contributed by atoms with Crippen LogP contribution in [0.1, 0.15) is 42.5 Å². The zero-order valence-corrected chi connectivity index (χ0v) is 14.3. The molecule has 1 aliphatic rings. The maximum absolute atomic E-state index is 11.2. The number of hydrogen-bond acceptors (Lipinski definition) is 3. The second-order valence-corrected chi connectivity index (χ2v) is 6.97. The topological polar surface area (TPSA) is 41.1 Å². The molecule has 2 atom stereocenters. The van der Waals surface area contributed by atoms with E-state index in [1.807, 2.05) is 6.07 Å². The maximum Gasteiger partial charge on any atom is 0.152 e. The van der Waals surface area contributed by atoms with Gasteiger partial charge in [-0.15, -0.1) is 0 Å². The van der Waals surface area contributed by atoms with Crippen molar-refractivity contribution in [2.24, 2.45) is 0 Å². The lowest BCUT2D eigenvalue weighted by molar-refractivity contribution is 0.112. The summed E-state index contributed by atoms with van der Waals surface area (Å²) in [7, 11) is 5.98. The SMILES string of the molecule is [B]C1CCCC(NNc2c(Br)cc(Br)cc2C=O)CC1. The van der Waals surface area contributed by atoms with Crippen LogP contribution >= 0.6 is 31.9 Å². The molecule has 2 rings (SSSR count). The van der Waals surface area contributed by atoms with Crippen molar-refractivity contribution in [3.05, 3.63) is 26.6 Å². The van der Waals surface area contributed by atoms with Gasteiger partial charge in [0.1, 0.15) is 0 Å². The van der Waals surface area contributed by atoms with Gasteiger partial charge in [-0.25, -0.2) is 5.43 Å². The molecule has 0 spiro atoms. The molecule has 20 heavy (non-hydrogen) atoms. The van der Waals surface area contributed by atoms with E-state index < -0.39 is 0 Å². The lowest BCUT2D eigenvalue weighted by Gasteiger charge is -2.20. The summed E-state index contributed by atoms with van der Waals surface area (Å²) >= 11 is 6.86. The first-order valence-electron chi connectivity index (χ1n) is 6.81. The van der Waals surface area contributed by atoms with E-state index in [0.29, 0.717) is 17.4 Å². The highest BCUT2D eigenvalue weighted by Crippen LogP contribution is 2.30. The monoisotopic (exact) mass is 398 g/mol. The highest BCUT2D eigenvalue weighted by Gasteiger charge is 2.16. The first-order valence-corrected chi connectivity index (χ1v) is 8.40. The molecule has 1 aromatic rings. The quantitative estimate of drug-likeness (QED) is 0.344. The summed E-state index contributed by atoms with van der Waals surface area (Å²) in [6, 6.07) is 4.10. The van der Waals surface area contributed by atoms with Crippen molar-refractivity contribution in [3.63, 3.8) is 0 Å². The van der Waals surface area contributed by atoms with Crippen LogP contribution < -0.4 is 10.9 Å². The fraction of sp³-hybridized carbons (Fsp3) is 0.500. The highest BCUT2D eigenvalue weighted by molar-refractivity contribution is 9.11. The third kappa shape index (κ3) is 4.33. The van der Waals surface area contributed by atoms with Gasteiger partial charge in [-0.3, -0.25) is 4.79 Å². The van der Waals surface area contributed by atoms with Gasteiger partial charge in [-0.1, -0.05) is 41.0 Å². The van der Waals surface area contributed by atoms with Gasteiger partial charge in [0.2, 0.25) is 0 Å². The molecule has 2 radical (unpaired) electrons. The minimum Gasteiger partial charge on any atom is -0.319 e. The molecule has 0 aromatic heterocycles. The second-order valence-electron chi connectivity index (χ2n) is 5.20. The summed E-state index contributed by atoms with van der Waals surface area (Å²) in [6.07, 6.45) is 6.29. The number of hydrogen-bond donors (Lipinski definition) is 2. The summed E-state index contributed by atoms with van der Waals surface area (Å²) in [6.45, 7) is 0. The Labute approximate surface area is 137 Å². The molecule has 1 saturated carbocycles. The van der Waals surface area contributed by atoms with E-state index >= 15 is 0 Å². The number of benzene rings is 1. The van der Waals surface area contributed by atoms with Crippen LogP contribution in [-0.4, -0.2) is 20.2 Å². The van der Waals surface area contributed by atoms with E-state index in [1.165, 1.54) is 0 Å². The minimum absolute atomic E-state index is 0.326. The Balaban J connectivity index is 2.01. The van der Waals surface area contributed by atoms with Crippen LogP contribution in [0.15, 0.2) is 21.1 Å². The summed E-state index contributed by atoms with van der Waals surface area (Å²) < 4.78 is 1.73. The molecule has 2 N–H and O–H groups in total. The van der Waals surface area contributed by atoms with Gasteiger partial charge in [0.05, 0.1) is 13.5 Å². The van der Waals surface area contributed by atoms with E-state index in [-0.39, 0.29) is 0 Å². The normalized spacial score (nSPS) is 23.1. The fourth-order valence-electron chi connectivity index (χ4n) is 2.47. The van der Waals surface area contributed by atoms with Crippen LogP contribution in [0.5, 0.6) is 0 Å². The molecule has 1 aromatic carbocycles. The molecule has 2 unspecified atom stereocenters. The third-order valence-corrected chi connectivity index (χ3v) is 4.71. The van der Waals surface area contributed by atoms with E-state index in [9.17, 15) is 4.79 Å². The number of halogens is 2. The van der Waals surface area contributed by atoms with Crippen molar-refractivity contribution in [2.45, 2.75) is 44.0 Å². The maximum atomic E-state index is 11.2. The lowest BCUT2D eigenvalue weighted by atomic mass is 9.81. The molecular weight excluding hydrogens is 383 g/mol.